The normalized spacial score (nSPS) is 24.9. The van der Waals surface area contributed by atoms with Gasteiger partial charge in [0, 0.05) is 46.4 Å². The van der Waals surface area contributed by atoms with Gasteiger partial charge in [-0.3, -0.25) is 0 Å². The van der Waals surface area contributed by atoms with Crippen molar-refractivity contribution in [2.24, 2.45) is 11.8 Å². The minimum atomic E-state index is 0. The molecule has 0 amide bonds. The van der Waals surface area contributed by atoms with Crippen LogP contribution in [0.15, 0.2) is 0 Å². The van der Waals surface area contributed by atoms with Gasteiger partial charge in [0.25, 0.3) is 0 Å². The van der Waals surface area contributed by atoms with E-state index in [1.807, 2.05) is 13.8 Å². The molecule has 1 radical (unpaired) electrons. The number of methoxy groups -OCH3 is 1. The Morgan fingerprint density at radius 2 is 1.64 bits per heavy atom. The molecule has 1 nitrogen and oxygen atoms in total. The topological polar surface area (TPSA) is 9.23 Å². The van der Waals surface area contributed by atoms with E-state index in [1.165, 1.54) is 25.7 Å². The summed E-state index contributed by atoms with van der Waals surface area (Å²) in [4.78, 5) is 0. The Labute approximate surface area is 116 Å². The van der Waals surface area contributed by atoms with Crippen LogP contribution in [0.2, 0.25) is 0 Å². The van der Waals surface area contributed by atoms with E-state index in [0.717, 1.165) is 18.4 Å². The van der Waals surface area contributed by atoms with Gasteiger partial charge >= 0.3 is 0 Å². The van der Waals surface area contributed by atoms with Crippen molar-refractivity contribution in [3.8, 4) is 0 Å². The Hall–Kier alpha value is 1.06. The van der Waals surface area contributed by atoms with Crippen LogP contribution in [0.25, 0.3) is 0 Å². The Bertz CT molecular complexity index is 94.3. The Morgan fingerprint density at radius 3 is 2.07 bits per heavy atom. The van der Waals surface area contributed by atoms with Crippen LogP contribution in [0.5, 0.6) is 0 Å². The monoisotopic (exact) mass is 276 g/mol. The van der Waals surface area contributed by atoms with Gasteiger partial charge in [-0.05, 0) is 18.3 Å². The molecule has 0 heterocycles. The van der Waals surface area contributed by atoms with Gasteiger partial charge in [0.2, 0.25) is 0 Å². The predicted molar refractivity (Wildman–Crippen MR) is 60.8 cm³/mol. The smallest absolute Gasteiger partial charge is 0.0493 e. The van der Waals surface area contributed by atoms with Gasteiger partial charge < -0.3 is 12.2 Å². The van der Waals surface area contributed by atoms with Crippen molar-refractivity contribution in [2.75, 3.05) is 13.7 Å². The molecule has 1 rings (SSSR count). The van der Waals surface area contributed by atoms with Crippen molar-refractivity contribution in [1.82, 2.24) is 0 Å². The van der Waals surface area contributed by atoms with Crippen LogP contribution in [0.1, 0.15) is 46.5 Å². The second-order valence-electron chi connectivity index (χ2n) is 3.48. The van der Waals surface area contributed by atoms with E-state index in [9.17, 15) is 0 Å². The first-order chi connectivity index (χ1) is 5.84. The van der Waals surface area contributed by atoms with E-state index in [4.69, 9.17) is 4.74 Å². The Morgan fingerprint density at radius 1 is 1.14 bits per heavy atom. The van der Waals surface area contributed by atoms with Crippen LogP contribution in [-0.2, 0) is 37.4 Å². The maximum absolute atomic E-state index is 5.15. The molecule has 2 unspecified atom stereocenters. The van der Waals surface area contributed by atoms with Gasteiger partial charge in [0.05, 0.1) is 0 Å². The van der Waals surface area contributed by atoms with E-state index in [0.29, 0.717) is 0 Å². The molecule has 85 valence electrons. The molecule has 0 aromatic heterocycles. The summed E-state index contributed by atoms with van der Waals surface area (Å²) in [6.45, 7) is 7.32. The van der Waals surface area contributed by atoms with E-state index in [1.54, 1.807) is 7.11 Å². The van der Waals surface area contributed by atoms with Crippen LogP contribution >= 0.6 is 0 Å². The Balaban J connectivity index is -0.000000284. The number of hydrogen-bond acceptors (Lipinski definition) is 1. The third-order valence-corrected chi connectivity index (χ3v) is 2.67. The first kappa shape index (κ1) is 20.5. The van der Waals surface area contributed by atoms with Gasteiger partial charge in [-0.2, -0.15) is 0 Å². The Kier molecular flexibility index (Phi) is 20.6. The molecule has 1 aliphatic rings. The second kappa shape index (κ2) is 14.1. The van der Waals surface area contributed by atoms with Crippen molar-refractivity contribution >= 4 is 0 Å². The zero-order valence-corrected chi connectivity index (χ0v) is 13.5. The molecule has 0 aliphatic heterocycles. The summed E-state index contributed by atoms with van der Waals surface area (Å²) in [5, 5.41) is 0. The molecule has 14 heavy (non-hydrogen) atoms. The first-order valence-corrected chi connectivity index (χ1v) is 5.33. The molecule has 0 bridgehead atoms. The van der Waals surface area contributed by atoms with Crippen LogP contribution in [0.4, 0.5) is 0 Å². The summed E-state index contributed by atoms with van der Waals surface area (Å²) in [6.07, 6.45) is 5.64. The minimum Gasteiger partial charge on any atom is -0.384 e. The van der Waals surface area contributed by atoms with E-state index in [2.05, 4.69) is 6.92 Å². The quantitative estimate of drug-likeness (QED) is 0.694. The molecule has 0 aromatic carbocycles. The molecule has 1 fully saturated rings. The van der Waals surface area contributed by atoms with Crippen molar-refractivity contribution < 1.29 is 37.4 Å². The average Bonchev–Trinajstić information content (AvgIpc) is 2.13. The summed E-state index contributed by atoms with van der Waals surface area (Å²) in [7, 11) is 1.81. The summed E-state index contributed by atoms with van der Waals surface area (Å²) >= 11 is 0. The summed E-state index contributed by atoms with van der Waals surface area (Å²) < 4.78 is 5.15. The zero-order chi connectivity index (χ0) is 9.40. The zero-order valence-electron chi connectivity index (χ0n) is 10.7. The van der Waals surface area contributed by atoms with Crippen LogP contribution in [0, 0.1) is 19.3 Å². The standard InChI is InChI=1S/C9H18O.C2H6.CH3.Y/c1-8-5-3-4-6-9(8)7-10-2;1-2;;/h8-9H,3-7H2,1-2H3;1-2H3;1H3;/q;;-1;. The first-order valence-electron chi connectivity index (χ1n) is 5.33. The number of rotatable bonds is 2. The predicted octanol–water partition coefficient (Wildman–Crippen LogP) is 3.93. The maximum atomic E-state index is 5.15. The van der Waals surface area contributed by atoms with Crippen LogP contribution < -0.4 is 0 Å². The SMILES string of the molecule is CC.COCC1CCCCC1C.[CH3-].[Y]. The van der Waals surface area contributed by atoms with Crippen LogP contribution in [-0.4, -0.2) is 13.7 Å². The van der Waals surface area contributed by atoms with Crippen LogP contribution in [0.3, 0.4) is 0 Å². The van der Waals surface area contributed by atoms with Gasteiger partial charge in [0.15, 0.2) is 0 Å². The second-order valence-corrected chi connectivity index (χ2v) is 3.48. The van der Waals surface area contributed by atoms with Crippen molar-refractivity contribution in [3.05, 3.63) is 7.43 Å². The van der Waals surface area contributed by atoms with E-state index in [-0.39, 0.29) is 40.1 Å². The van der Waals surface area contributed by atoms with Gasteiger partial charge in [-0.15, -0.1) is 0 Å². The molecule has 1 saturated carbocycles. The van der Waals surface area contributed by atoms with Crippen molar-refractivity contribution in [2.45, 2.75) is 46.5 Å². The molecule has 0 saturated heterocycles. The van der Waals surface area contributed by atoms with Gasteiger partial charge in [-0.1, -0.05) is 40.0 Å². The summed E-state index contributed by atoms with van der Waals surface area (Å²) in [5.41, 5.74) is 0. The van der Waals surface area contributed by atoms with Crippen molar-refractivity contribution in [1.29, 1.82) is 0 Å². The van der Waals surface area contributed by atoms with E-state index >= 15 is 0 Å². The molecule has 0 N–H and O–H groups in total. The number of hydrogen-bond donors (Lipinski definition) is 0. The number of ether oxygens (including phenoxy) is 1. The fraction of sp³-hybridized carbons (Fsp3) is 0.917. The molecule has 2 atom stereocenters. The van der Waals surface area contributed by atoms with E-state index < -0.39 is 0 Å². The molecule has 2 heteroatoms. The molecular weight excluding hydrogens is 249 g/mol. The summed E-state index contributed by atoms with van der Waals surface area (Å²) in [5.74, 6) is 1.74. The maximum Gasteiger partial charge on any atom is 0.0493 e. The molecule has 0 spiro atoms. The van der Waals surface area contributed by atoms with Gasteiger partial charge in [0.1, 0.15) is 0 Å². The van der Waals surface area contributed by atoms with Crippen molar-refractivity contribution in [3.63, 3.8) is 0 Å². The third-order valence-electron chi connectivity index (χ3n) is 2.67. The fourth-order valence-electron chi connectivity index (χ4n) is 1.85. The molecule has 0 aromatic rings. The molecule has 1 aliphatic carbocycles. The average molecular weight is 276 g/mol. The van der Waals surface area contributed by atoms with Gasteiger partial charge in [-0.25, -0.2) is 0 Å². The summed E-state index contributed by atoms with van der Waals surface area (Å²) in [6, 6.07) is 0. The minimum absolute atomic E-state index is 0. The fourth-order valence-corrected chi connectivity index (χ4v) is 1.85. The largest absolute Gasteiger partial charge is 0.384 e. The third kappa shape index (κ3) is 8.38. The molecular formula is C12H27OY-.